The summed E-state index contributed by atoms with van der Waals surface area (Å²) in [7, 11) is 0. The molecule has 6 heteroatoms. The fourth-order valence-electron chi connectivity index (χ4n) is 4.68. The van der Waals surface area contributed by atoms with E-state index in [1.165, 1.54) is 5.56 Å². The van der Waals surface area contributed by atoms with E-state index in [0.29, 0.717) is 0 Å². The fourth-order valence-corrected chi connectivity index (χ4v) is 4.68. The van der Waals surface area contributed by atoms with Crippen molar-refractivity contribution in [3.63, 3.8) is 0 Å². The molecule has 0 radical (unpaired) electrons. The molecule has 1 N–H and O–H groups in total. The monoisotopic (exact) mass is 416 g/mol. The Labute approximate surface area is 182 Å². The third kappa shape index (κ3) is 4.01. The minimum Gasteiger partial charge on any atom is -0.459 e. The van der Waals surface area contributed by atoms with Crippen molar-refractivity contribution in [2.45, 2.75) is 26.3 Å². The summed E-state index contributed by atoms with van der Waals surface area (Å²) >= 11 is 0. The predicted molar refractivity (Wildman–Crippen MR) is 121 cm³/mol. The predicted octanol–water partition coefficient (Wildman–Crippen LogP) is 4.27. The van der Waals surface area contributed by atoms with Crippen LogP contribution >= 0.6 is 0 Å². The van der Waals surface area contributed by atoms with Crippen LogP contribution in [0.4, 0.5) is 0 Å². The van der Waals surface area contributed by atoms with Crippen molar-refractivity contribution >= 4 is 5.71 Å². The summed E-state index contributed by atoms with van der Waals surface area (Å²) in [6, 6.07) is 12.5. The maximum atomic E-state index is 9.24. The number of piperazine rings is 1. The van der Waals surface area contributed by atoms with Crippen molar-refractivity contribution < 1.29 is 9.62 Å². The minimum atomic E-state index is 0.766. The molecule has 6 nitrogen and oxygen atoms in total. The molecule has 2 aliphatic rings. The van der Waals surface area contributed by atoms with Gasteiger partial charge in [-0.05, 0) is 54.8 Å². The van der Waals surface area contributed by atoms with Crippen LogP contribution in [-0.4, -0.2) is 58.4 Å². The second-order valence-electron chi connectivity index (χ2n) is 8.32. The highest BCUT2D eigenvalue weighted by molar-refractivity contribution is 6.04. The van der Waals surface area contributed by atoms with E-state index in [2.05, 4.69) is 51.1 Å². The molecule has 1 saturated heterocycles. The molecule has 0 spiro atoms. The Morgan fingerprint density at radius 1 is 0.935 bits per heavy atom. The zero-order valence-electron chi connectivity index (χ0n) is 17.9. The molecule has 160 valence electrons. The molecule has 2 aromatic heterocycles. The topological polar surface area (TPSA) is 65.1 Å². The number of oxime groups is 1. The molecule has 5 rings (SSSR count). The second kappa shape index (κ2) is 8.65. The van der Waals surface area contributed by atoms with Gasteiger partial charge in [0.05, 0.1) is 12.3 Å². The van der Waals surface area contributed by atoms with E-state index in [0.717, 1.165) is 91.6 Å². The van der Waals surface area contributed by atoms with E-state index >= 15 is 0 Å². The van der Waals surface area contributed by atoms with Crippen LogP contribution in [0.15, 0.2) is 58.4 Å². The Bertz CT molecular complexity index is 1080. The Balaban J connectivity index is 1.48. The number of aromatic nitrogens is 1. The van der Waals surface area contributed by atoms with Gasteiger partial charge < -0.3 is 14.5 Å². The number of rotatable bonds is 5. The number of hydrogen-bond donors (Lipinski definition) is 1. The SMILES string of the molecule is CCN1CCN(Cc2cc(-c3ccncc3)c(-c3ccc4c(c3)CC/C4=N/O)o2)CC1. The van der Waals surface area contributed by atoms with Gasteiger partial charge in [-0.3, -0.25) is 9.88 Å². The van der Waals surface area contributed by atoms with Gasteiger partial charge in [-0.25, -0.2) is 0 Å². The van der Waals surface area contributed by atoms with Crippen LogP contribution in [0.5, 0.6) is 0 Å². The molecule has 0 saturated carbocycles. The third-order valence-corrected chi connectivity index (χ3v) is 6.50. The van der Waals surface area contributed by atoms with Crippen molar-refractivity contribution in [2.24, 2.45) is 5.16 Å². The quantitative estimate of drug-likeness (QED) is 0.497. The highest BCUT2D eigenvalue weighted by Crippen LogP contribution is 2.37. The van der Waals surface area contributed by atoms with Gasteiger partial charge in [0, 0.05) is 55.3 Å². The molecular formula is C25H28N4O2. The highest BCUT2D eigenvalue weighted by Gasteiger charge is 2.23. The molecule has 1 aliphatic carbocycles. The van der Waals surface area contributed by atoms with E-state index < -0.39 is 0 Å². The molecule has 1 aliphatic heterocycles. The molecule has 0 amide bonds. The van der Waals surface area contributed by atoms with Gasteiger partial charge >= 0.3 is 0 Å². The van der Waals surface area contributed by atoms with Crippen LogP contribution in [0.25, 0.3) is 22.5 Å². The summed E-state index contributed by atoms with van der Waals surface area (Å²) in [5, 5.41) is 12.7. The van der Waals surface area contributed by atoms with Gasteiger partial charge in [0.2, 0.25) is 0 Å². The molecular weight excluding hydrogens is 388 g/mol. The van der Waals surface area contributed by atoms with Gasteiger partial charge in [-0.1, -0.05) is 24.2 Å². The summed E-state index contributed by atoms with van der Waals surface area (Å²) in [5.74, 6) is 1.88. The lowest BCUT2D eigenvalue weighted by Crippen LogP contribution is -2.45. The molecule has 0 atom stereocenters. The van der Waals surface area contributed by atoms with E-state index in [4.69, 9.17) is 4.42 Å². The first-order chi connectivity index (χ1) is 15.2. The van der Waals surface area contributed by atoms with E-state index in [1.807, 2.05) is 24.5 Å². The van der Waals surface area contributed by atoms with E-state index in [9.17, 15) is 5.21 Å². The minimum absolute atomic E-state index is 0.766. The normalized spacial score (nSPS) is 18.5. The zero-order chi connectivity index (χ0) is 21.2. The number of furan rings is 1. The maximum absolute atomic E-state index is 9.24. The van der Waals surface area contributed by atoms with Gasteiger partial charge in [0.25, 0.3) is 0 Å². The summed E-state index contributed by atoms with van der Waals surface area (Å²) in [5.41, 5.74) is 6.28. The average Bonchev–Trinajstić information content (AvgIpc) is 3.43. The Kier molecular flexibility index (Phi) is 5.57. The molecule has 31 heavy (non-hydrogen) atoms. The van der Waals surface area contributed by atoms with Crippen molar-refractivity contribution in [2.75, 3.05) is 32.7 Å². The first-order valence-electron chi connectivity index (χ1n) is 11.1. The van der Waals surface area contributed by atoms with Crippen molar-refractivity contribution in [3.05, 3.63) is 65.7 Å². The molecule has 3 aromatic rings. The summed E-state index contributed by atoms with van der Waals surface area (Å²) in [4.78, 5) is 9.13. The summed E-state index contributed by atoms with van der Waals surface area (Å²) in [6.07, 6.45) is 5.31. The number of aryl methyl sites for hydroxylation is 1. The van der Waals surface area contributed by atoms with Gasteiger partial charge in [-0.15, -0.1) is 0 Å². The summed E-state index contributed by atoms with van der Waals surface area (Å²) in [6.45, 7) is 8.52. The Morgan fingerprint density at radius 2 is 1.71 bits per heavy atom. The lowest BCUT2D eigenvalue weighted by molar-refractivity contribution is 0.125. The van der Waals surface area contributed by atoms with Crippen molar-refractivity contribution in [3.8, 4) is 22.5 Å². The molecule has 0 unspecified atom stereocenters. The maximum Gasteiger partial charge on any atom is 0.142 e. The number of pyridine rings is 1. The Hall–Kier alpha value is -2.96. The van der Waals surface area contributed by atoms with Crippen LogP contribution < -0.4 is 0 Å². The standard InChI is InChI=1S/C25H28N4O2/c1-2-28-11-13-29(14-12-28)17-21-16-23(18-7-9-26-10-8-18)25(31-21)20-3-5-22-19(15-20)4-6-24(22)27-30/h3,5,7-10,15-16,30H,2,4,6,11-14,17H2,1H3/b27-24-. The van der Waals surface area contributed by atoms with Gasteiger partial charge in [0.15, 0.2) is 0 Å². The average molecular weight is 417 g/mol. The molecule has 3 heterocycles. The number of hydrogen-bond acceptors (Lipinski definition) is 6. The van der Waals surface area contributed by atoms with E-state index in [-0.39, 0.29) is 0 Å². The smallest absolute Gasteiger partial charge is 0.142 e. The first-order valence-corrected chi connectivity index (χ1v) is 11.1. The van der Waals surface area contributed by atoms with Crippen LogP contribution in [0.1, 0.15) is 30.2 Å². The second-order valence-corrected chi connectivity index (χ2v) is 8.32. The van der Waals surface area contributed by atoms with Crippen LogP contribution in [0.3, 0.4) is 0 Å². The van der Waals surface area contributed by atoms with Crippen LogP contribution in [-0.2, 0) is 13.0 Å². The zero-order valence-corrected chi connectivity index (χ0v) is 17.9. The van der Waals surface area contributed by atoms with Crippen LogP contribution in [0, 0.1) is 0 Å². The number of fused-ring (bicyclic) bond motifs is 1. The van der Waals surface area contributed by atoms with Gasteiger partial charge in [-0.2, -0.15) is 0 Å². The molecule has 1 fully saturated rings. The van der Waals surface area contributed by atoms with Crippen LogP contribution in [0.2, 0.25) is 0 Å². The fraction of sp³-hybridized carbons (Fsp3) is 0.360. The lowest BCUT2D eigenvalue weighted by Gasteiger charge is -2.33. The summed E-state index contributed by atoms with van der Waals surface area (Å²) < 4.78 is 6.47. The Morgan fingerprint density at radius 3 is 2.45 bits per heavy atom. The molecule has 0 bridgehead atoms. The van der Waals surface area contributed by atoms with Crippen molar-refractivity contribution in [1.82, 2.24) is 14.8 Å². The van der Waals surface area contributed by atoms with Crippen molar-refractivity contribution in [1.29, 1.82) is 0 Å². The first kappa shape index (κ1) is 20.0. The third-order valence-electron chi connectivity index (χ3n) is 6.50. The number of likely N-dealkylation sites (N-methyl/N-ethyl adjacent to an activating group) is 1. The number of benzene rings is 1. The molecule has 1 aromatic carbocycles. The van der Waals surface area contributed by atoms with Gasteiger partial charge in [0.1, 0.15) is 11.5 Å². The number of nitrogens with zero attached hydrogens (tertiary/aromatic N) is 4. The lowest BCUT2D eigenvalue weighted by atomic mass is 9.99. The highest BCUT2D eigenvalue weighted by atomic mass is 16.4. The largest absolute Gasteiger partial charge is 0.459 e. The van der Waals surface area contributed by atoms with E-state index in [1.54, 1.807) is 0 Å².